The maximum atomic E-state index is 10.1. The summed E-state index contributed by atoms with van der Waals surface area (Å²) in [5.41, 5.74) is -0.100. The minimum Gasteiger partial charge on any atom is -0.493 e. The Balaban J connectivity index is 2.32. The first-order chi connectivity index (χ1) is 8.91. The Bertz CT molecular complexity index is 445. The summed E-state index contributed by atoms with van der Waals surface area (Å²) in [6.07, 6.45) is 4.93. The molecule has 0 aliphatic heterocycles. The van der Waals surface area contributed by atoms with Crippen LogP contribution in [0.1, 0.15) is 45.1 Å². The zero-order valence-corrected chi connectivity index (χ0v) is 13.3. The molecule has 0 spiro atoms. The lowest BCUT2D eigenvalue weighted by Crippen LogP contribution is -2.17. The highest BCUT2D eigenvalue weighted by Crippen LogP contribution is 2.41. The largest absolute Gasteiger partial charge is 0.493 e. The SMILES string of the molecule is COc1cc(C(C)(C)O)cc(Br)c1OC1CCCC1. The molecule has 1 fully saturated rings. The second-order valence-corrected chi connectivity index (χ2v) is 6.43. The Hall–Kier alpha value is -0.740. The van der Waals surface area contributed by atoms with Gasteiger partial charge in [-0.15, -0.1) is 0 Å². The summed E-state index contributed by atoms with van der Waals surface area (Å²) < 4.78 is 12.3. The number of aliphatic hydroxyl groups is 1. The molecule has 3 nitrogen and oxygen atoms in total. The van der Waals surface area contributed by atoms with E-state index in [1.807, 2.05) is 12.1 Å². The Kier molecular flexibility index (Phi) is 4.41. The normalized spacial score (nSPS) is 16.7. The molecule has 1 aromatic rings. The van der Waals surface area contributed by atoms with E-state index >= 15 is 0 Å². The van der Waals surface area contributed by atoms with E-state index in [9.17, 15) is 5.11 Å². The lowest BCUT2D eigenvalue weighted by atomic mass is 9.98. The molecule has 19 heavy (non-hydrogen) atoms. The van der Waals surface area contributed by atoms with Crippen LogP contribution < -0.4 is 9.47 Å². The molecule has 0 saturated heterocycles. The monoisotopic (exact) mass is 328 g/mol. The standard InChI is InChI=1S/C15H21BrO3/c1-15(2,17)10-8-12(16)14(13(9-10)18-3)19-11-6-4-5-7-11/h8-9,11,17H,4-7H2,1-3H3. The molecule has 0 bridgehead atoms. The molecule has 1 aliphatic rings. The minimum absolute atomic E-state index is 0.276. The van der Waals surface area contributed by atoms with Crippen LogP contribution in [-0.2, 0) is 5.60 Å². The van der Waals surface area contributed by atoms with E-state index in [4.69, 9.17) is 9.47 Å². The van der Waals surface area contributed by atoms with Crippen molar-refractivity contribution in [3.63, 3.8) is 0 Å². The zero-order valence-electron chi connectivity index (χ0n) is 11.7. The van der Waals surface area contributed by atoms with Gasteiger partial charge in [0.1, 0.15) is 0 Å². The molecule has 2 rings (SSSR count). The van der Waals surface area contributed by atoms with Crippen LogP contribution in [0.15, 0.2) is 16.6 Å². The molecule has 0 radical (unpaired) electrons. The molecule has 0 atom stereocenters. The molecule has 1 N–H and O–H groups in total. The lowest BCUT2D eigenvalue weighted by Gasteiger charge is -2.22. The van der Waals surface area contributed by atoms with Crippen molar-refractivity contribution < 1.29 is 14.6 Å². The second-order valence-electron chi connectivity index (χ2n) is 5.57. The highest BCUT2D eigenvalue weighted by Gasteiger charge is 2.24. The summed E-state index contributed by atoms with van der Waals surface area (Å²) >= 11 is 3.52. The van der Waals surface area contributed by atoms with Gasteiger partial charge in [0.25, 0.3) is 0 Å². The van der Waals surface area contributed by atoms with Crippen molar-refractivity contribution in [2.75, 3.05) is 7.11 Å². The smallest absolute Gasteiger partial charge is 0.175 e. The predicted octanol–water partition coefficient (Wildman–Crippen LogP) is 4.01. The second kappa shape index (κ2) is 5.71. The Morgan fingerprint density at radius 2 is 1.89 bits per heavy atom. The number of hydrogen-bond donors (Lipinski definition) is 1. The lowest BCUT2D eigenvalue weighted by molar-refractivity contribution is 0.0780. The van der Waals surface area contributed by atoms with Gasteiger partial charge in [0.05, 0.1) is 23.3 Å². The van der Waals surface area contributed by atoms with Crippen molar-refractivity contribution in [3.05, 3.63) is 22.2 Å². The summed E-state index contributed by atoms with van der Waals surface area (Å²) in [6.45, 7) is 3.51. The summed E-state index contributed by atoms with van der Waals surface area (Å²) in [6, 6.07) is 3.74. The zero-order chi connectivity index (χ0) is 14.0. The predicted molar refractivity (Wildman–Crippen MR) is 78.8 cm³/mol. The van der Waals surface area contributed by atoms with Gasteiger partial charge >= 0.3 is 0 Å². The van der Waals surface area contributed by atoms with E-state index in [2.05, 4.69) is 15.9 Å². The summed E-state index contributed by atoms with van der Waals surface area (Å²) in [7, 11) is 1.62. The molecule has 0 unspecified atom stereocenters. The summed E-state index contributed by atoms with van der Waals surface area (Å²) in [5, 5.41) is 10.1. The molecule has 4 heteroatoms. The average molecular weight is 329 g/mol. The third-order valence-electron chi connectivity index (χ3n) is 3.52. The van der Waals surface area contributed by atoms with Crippen molar-refractivity contribution >= 4 is 15.9 Å². The first-order valence-electron chi connectivity index (χ1n) is 6.69. The topological polar surface area (TPSA) is 38.7 Å². The van der Waals surface area contributed by atoms with Crippen LogP contribution in [0.2, 0.25) is 0 Å². The maximum Gasteiger partial charge on any atom is 0.175 e. The first kappa shape index (κ1) is 14.7. The van der Waals surface area contributed by atoms with Crippen molar-refractivity contribution in [2.24, 2.45) is 0 Å². The molecule has 1 aliphatic carbocycles. The minimum atomic E-state index is -0.901. The third-order valence-corrected chi connectivity index (χ3v) is 4.11. The van der Waals surface area contributed by atoms with Gasteiger partial charge in [-0.3, -0.25) is 0 Å². The van der Waals surface area contributed by atoms with Gasteiger partial charge in [0.2, 0.25) is 0 Å². The average Bonchev–Trinajstić information content (AvgIpc) is 2.83. The Labute approximate surface area is 123 Å². The number of benzene rings is 1. The van der Waals surface area contributed by atoms with Crippen molar-refractivity contribution in [1.82, 2.24) is 0 Å². The molecule has 0 aromatic heterocycles. The van der Waals surface area contributed by atoms with Crippen molar-refractivity contribution in [1.29, 1.82) is 0 Å². The van der Waals surface area contributed by atoms with Crippen LogP contribution >= 0.6 is 15.9 Å². The molecule has 0 heterocycles. The van der Waals surface area contributed by atoms with Crippen LogP contribution in [-0.4, -0.2) is 18.3 Å². The number of ether oxygens (including phenoxy) is 2. The fraction of sp³-hybridized carbons (Fsp3) is 0.600. The van der Waals surface area contributed by atoms with Gasteiger partial charge in [-0.2, -0.15) is 0 Å². The molecular formula is C15H21BrO3. The van der Waals surface area contributed by atoms with Crippen molar-refractivity contribution in [3.8, 4) is 11.5 Å². The fourth-order valence-corrected chi connectivity index (χ4v) is 2.90. The van der Waals surface area contributed by atoms with E-state index in [1.165, 1.54) is 12.8 Å². The Morgan fingerprint density at radius 3 is 2.42 bits per heavy atom. The number of rotatable bonds is 4. The van der Waals surface area contributed by atoms with Crippen LogP contribution in [0.5, 0.6) is 11.5 Å². The van der Waals surface area contributed by atoms with Crippen LogP contribution in [0, 0.1) is 0 Å². The van der Waals surface area contributed by atoms with E-state index in [0.717, 1.165) is 28.6 Å². The number of hydrogen-bond acceptors (Lipinski definition) is 3. The highest BCUT2D eigenvalue weighted by atomic mass is 79.9. The molecule has 0 amide bonds. The van der Waals surface area contributed by atoms with Crippen LogP contribution in [0.25, 0.3) is 0 Å². The van der Waals surface area contributed by atoms with Crippen LogP contribution in [0.3, 0.4) is 0 Å². The Morgan fingerprint density at radius 1 is 1.26 bits per heavy atom. The fourth-order valence-electron chi connectivity index (χ4n) is 2.36. The van der Waals surface area contributed by atoms with Gasteiger partial charge in [-0.1, -0.05) is 0 Å². The van der Waals surface area contributed by atoms with Gasteiger partial charge in [-0.05, 0) is 73.2 Å². The first-order valence-corrected chi connectivity index (χ1v) is 7.48. The summed E-state index contributed by atoms with van der Waals surface area (Å²) in [5.74, 6) is 1.40. The van der Waals surface area contributed by atoms with Crippen LogP contribution in [0.4, 0.5) is 0 Å². The van der Waals surface area contributed by atoms with E-state index in [1.54, 1.807) is 21.0 Å². The maximum absolute atomic E-state index is 10.1. The molecular weight excluding hydrogens is 308 g/mol. The van der Waals surface area contributed by atoms with Crippen molar-refractivity contribution in [2.45, 2.75) is 51.2 Å². The van der Waals surface area contributed by atoms with E-state index in [0.29, 0.717) is 5.75 Å². The molecule has 106 valence electrons. The van der Waals surface area contributed by atoms with Gasteiger partial charge in [0.15, 0.2) is 11.5 Å². The van der Waals surface area contributed by atoms with Gasteiger partial charge in [-0.25, -0.2) is 0 Å². The number of methoxy groups -OCH3 is 1. The quantitative estimate of drug-likeness (QED) is 0.907. The highest BCUT2D eigenvalue weighted by molar-refractivity contribution is 9.10. The third kappa shape index (κ3) is 3.42. The van der Waals surface area contributed by atoms with Gasteiger partial charge < -0.3 is 14.6 Å². The molecule has 1 aromatic carbocycles. The number of halogens is 1. The summed E-state index contributed by atoms with van der Waals surface area (Å²) in [4.78, 5) is 0. The van der Waals surface area contributed by atoms with Gasteiger partial charge in [0, 0.05) is 0 Å². The van der Waals surface area contributed by atoms with E-state index < -0.39 is 5.60 Å². The molecule has 1 saturated carbocycles. The van der Waals surface area contributed by atoms with E-state index in [-0.39, 0.29) is 6.10 Å².